The van der Waals surface area contributed by atoms with Crippen molar-refractivity contribution < 1.29 is 9.53 Å². The first kappa shape index (κ1) is 15.0. The number of nitrogens with zero attached hydrogens (tertiary/aromatic N) is 1. The number of carbonyl (C=O) groups is 1. The van der Waals surface area contributed by atoms with Gasteiger partial charge in [-0.2, -0.15) is 5.26 Å². The van der Waals surface area contributed by atoms with Gasteiger partial charge in [0.25, 0.3) is 0 Å². The maximum Gasteiger partial charge on any atom is 0.241 e. The average molecular weight is 252 g/mol. The first-order valence-corrected chi connectivity index (χ1v) is 6.89. The van der Waals surface area contributed by atoms with Gasteiger partial charge in [0.05, 0.1) is 6.07 Å². The van der Waals surface area contributed by atoms with E-state index < -0.39 is 5.41 Å². The van der Waals surface area contributed by atoms with Gasteiger partial charge in [-0.3, -0.25) is 4.79 Å². The molecule has 1 rings (SSSR count). The standard InChI is InChI=1S/C14H24N2O2/c1-4-14(5-2,6-3)16-12(17)13(11-15)7-9-18-10-8-13/h4-10H2,1-3H3,(H,16,17). The molecule has 1 fully saturated rings. The van der Waals surface area contributed by atoms with E-state index in [1.165, 1.54) is 0 Å². The van der Waals surface area contributed by atoms with Crippen LogP contribution >= 0.6 is 0 Å². The van der Waals surface area contributed by atoms with E-state index in [9.17, 15) is 10.1 Å². The number of rotatable bonds is 5. The summed E-state index contributed by atoms with van der Waals surface area (Å²) in [6.45, 7) is 7.24. The molecule has 1 saturated heterocycles. The highest BCUT2D eigenvalue weighted by Gasteiger charge is 2.42. The summed E-state index contributed by atoms with van der Waals surface area (Å²) in [5, 5.41) is 12.5. The normalized spacial score (nSPS) is 19.0. The minimum atomic E-state index is -0.886. The molecule has 0 saturated carbocycles. The molecule has 4 nitrogen and oxygen atoms in total. The molecule has 4 heteroatoms. The first-order valence-electron chi connectivity index (χ1n) is 6.89. The third-order valence-corrected chi connectivity index (χ3v) is 4.40. The van der Waals surface area contributed by atoms with Crippen molar-refractivity contribution in [1.82, 2.24) is 5.32 Å². The Morgan fingerprint density at radius 3 is 2.17 bits per heavy atom. The van der Waals surface area contributed by atoms with Crippen molar-refractivity contribution in [2.75, 3.05) is 13.2 Å². The molecule has 18 heavy (non-hydrogen) atoms. The number of hydrogen-bond acceptors (Lipinski definition) is 3. The van der Waals surface area contributed by atoms with Crippen LogP contribution in [-0.2, 0) is 9.53 Å². The average Bonchev–Trinajstić information content (AvgIpc) is 2.45. The molecule has 0 spiro atoms. The molecule has 0 radical (unpaired) electrons. The van der Waals surface area contributed by atoms with Gasteiger partial charge in [0, 0.05) is 18.8 Å². The molecule has 0 bridgehead atoms. The maximum atomic E-state index is 12.5. The highest BCUT2D eigenvalue weighted by molar-refractivity contribution is 5.86. The van der Waals surface area contributed by atoms with Gasteiger partial charge in [0.1, 0.15) is 5.41 Å². The van der Waals surface area contributed by atoms with E-state index >= 15 is 0 Å². The monoisotopic (exact) mass is 252 g/mol. The summed E-state index contributed by atoms with van der Waals surface area (Å²) in [6.07, 6.45) is 3.68. The third-order valence-electron chi connectivity index (χ3n) is 4.40. The van der Waals surface area contributed by atoms with E-state index in [1.54, 1.807) is 0 Å². The largest absolute Gasteiger partial charge is 0.381 e. The molecular weight excluding hydrogens is 228 g/mol. The van der Waals surface area contributed by atoms with Gasteiger partial charge >= 0.3 is 0 Å². The van der Waals surface area contributed by atoms with Crippen molar-refractivity contribution in [3.8, 4) is 6.07 Å². The Balaban J connectivity index is 2.82. The Hall–Kier alpha value is -1.08. The lowest BCUT2D eigenvalue weighted by atomic mass is 9.79. The molecule has 1 amide bonds. The van der Waals surface area contributed by atoms with Crippen LogP contribution in [0.25, 0.3) is 0 Å². The second kappa shape index (κ2) is 6.19. The molecule has 0 aromatic rings. The van der Waals surface area contributed by atoms with Crippen molar-refractivity contribution in [3.63, 3.8) is 0 Å². The zero-order valence-electron chi connectivity index (χ0n) is 11.7. The Morgan fingerprint density at radius 2 is 1.78 bits per heavy atom. The van der Waals surface area contributed by atoms with Crippen LogP contribution in [0.15, 0.2) is 0 Å². The summed E-state index contributed by atoms with van der Waals surface area (Å²) in [5.74, 6) is -0.112. The molecule has 0 aromatic heterocycles. The summed E-state index contributed by atoms with van der Waals surface area (Å²) in [5.41, 5.74) is -1.05. The molecule has 1 aliphatic rings. The molecule has 102 valence electrons. The molecular formula is C14H24N2O2. The minimum absolute atomic E-state index is 0.112. The Morgan fingerprint density at radius 1 is 1.28 bits per heavy atom. The van der Waals surface area contributed by atoms with Crippen LogP contribution in [0.2, 0.25) is 0 Å². The second-order valence-electron chi connectivity index (χ2n) is 5.10. The topological polar surface area (TPSA) is 62.1 Å². The lowest BCUT2D eigenvalue weighted by Gasteiger charge is -2.37. The fourth-order valence-electron chi connectivity index (χ4n) is 2.49. The second-order valence-corrected chi connectivity index (χ2v) is 5.10. The van der Waals surface area contributed by atoms with E-state index in [0.29, 0.717) is 26.1 Å². The number of hydrogen-bond donors (Lipinski definition) is 1. The van der Waals surface area contributed by atoms with Crippen molar-refractivity contribution >= 4 is 5.91 Å². The van der Waals surface area contributed by atoms with Crippen molar-refractivity contribution in [2.24, 2.45) is 5.41 Å². The molecule has 0 atom stereocenters. The van der Waals surface area contributed by atoms with Gasteiger partial charge < -0.3 is 10.1 Å². The van der Waals surface area contributed by atoms with Crippen LogP contribution in [0.5, 0.6) is 0 Å². The molecule has 0 aliphatic carbocycles. The van der Waals surface area contributed by atoms with Crippen molar-refractivity contribution in [3.05, 3.63) is 0 Å². The Labute approximate surface area is 110 Å². The zero-order valence-corrected chi connectivity index (χ0v) is 11.7. The minimum Gasteiger partial charge on any atom is -0.381 e. The number of carbonyl (C=O) groups excluding carboxylic acids is 1. The van der Waals surface area contributed by atoms with E-state index in [-0.39, 0.29) is 11.4 Å². The highest BCUT2D eigenvalue weighted by Crippen LogP contribution is 2.32. The molecule has 1 N–H and O–H groups in total. The summed E-state index contributed by atoms with van der Waals surface area (Å²) in [7, 11) is 0. The molecule has 1 aliphatic heterocycles. The van der Waals surface area contributed by atoms with Gasteiger partial charge in [0.2, 0.25) is 5.91 Å². The number of nitriles is 1. The smallest absolute Gasteiger partial charge is 0.241 e. The van der Waals surface area contributed by atoms with Crippen LogP contribution in [0, 0.1) is 16.7 Å². The van der Waals surface area contributed by atoms with Crippen molar-refractivity contribution in [2.45, 2.75) is 58.4 Å². The van der Waals surface area contributed by atoms with E-state index in [1.807, 2.05) is 0 Å². The van der Waals surface area contributed by atoms with Crippen LogP contribution < -0.4 is 5.32 Å². The zero-order chi connectivity index (χ0) is 13.6. The van der Waals surface area contributed by atoms with Gasteiger partial charge in [-0.1, -0.05) is 20.8 Å². The molecule has 1 heterocycles. The van der Waals surface area contributed by atoms with Gasteiger partial charge in [-0.25, -0.2) is 0 Å². The summed E-state index contributed by atoms with van der Waals surface area (Å²) in [4.78, 5) is 12.5. The van der Waals surface area contributed by atoms with Crippen LogP contribution in [-0.4, -0.2) is 24.7 Å². The van der Waals surface area contributed by atoms with Gasteiger partial charge in [0.15, 0.2) is 0 Å². The Kier molecular flexibility index (Phi) is 5.15. The van der Waals surface area contributed by atoms with Crippen LogP contribution in [0.4, 0.5) is 0 Å². The summed E-state index contributed by atoms with van der Waals surface area (Å²) >= 11 is 0. The van der Waals surface area contributed by atoms with Crippen LogP contribution in [0.3, 0.4) is 0 Å². The van der Waals surface area contributed by atoms with E-state index in [4.69, 9.17) is 4.74 Å². The lowest BCUT2D eigenvalue weighted by molar-refractivity contribution is -0.134. The number of amides is 1. The predicted molar refractivity (Wildman–Crippen MR) is 69.8 cm³/mol. The quantitative estimate of drug-likeness (QED) is 0.817. The van der Waals surface area contributed by atoms with Crippen LogP contribution in [0.1, 0.15) is 52.9 Å². The highest BCUT2D eigenvalue weighted by atomic mass is 16.5. The SMILES string of the molecule is CCC(CC)(CC)NC(=O)C1(C#N)CCOCC1. The van der Waals surface area contributed by atoms with Crippen molar-refractivity contribution in [1.29, 1.82) is 5.26 Å². The summed E-state index contributed by atoms with van der Waals surface area (Å²) < 4.78 is 5.25. The van der Waals surface area contributed by atoms with E-state index in [2.05, 4.69) is 32.2 Å². The van der Waals surface area contributed by atoms with Gasteiger partial charge in [-0.05, 0) is 32.1 Å². The Bertz CT molecular complexity index is 315. The number of nitrogens with one attached hydrogen (secondary N) is 1. The lowest BCUT2D eigenvalue weighted by Crippen LogP contribution is -2.54. The molecule has 0 unspecified atom stereocenters. The molecule has 0 aromatic carbocycles. The fraction of sp³-hybridized carbons (Fsp3) is 0.857. The first-order chi connectivity index (χ1) is 8.58. The summed E-state index contributed by atoms with van der Waals surface area (Å²) in [6, 6.07) is 2.22. The fourth-order valence-corrected chi connectivity index (χ4v) is 2.49. The number of ether oxygens (including phenoxy) is 1. The third kappa shape index (κ3) is 2.84. The van der Waals surface area contributed by atoms with Gasteiger partial charge in [-0.15, -0.1) is 0 Å². The van der Waals surface area contributed by atoms with E-state index in [0.717, 1.165) is 19.3 Å². The predicted octanol–water partition coefficient (Wildman–Crippen LogP) is 2.39. The maximum absolute atomic E-state index is 12.5.